The molecule has 2 N–H and O–H groups in total. The smallest absolute Gasteiger partial charge is 0.191 e. The highest BCUT2D eigenvalue weighted by Crippen LogP contribution is 2.28. The lowest BCUT2D eigenvalue weighted by molar-refractivity contribution is 0.701. The lowest BCUT2D eigenvalue weighted by atomic mass is 10.1. The number of benzene rings is 1. The van der Waals surface area contributed by atoms with Crippen molar-refractivity contribution in [3.8, 4) is 11.3 Å². The average Bonchev–Trinajstić information content (AvgIpc) is 2.88. The van der Waals surface area contributed by atoms with Crippen LogP contribution < -0.4 is 10.6 Å². The van der Waals surface area contributed by atoms with Crippen LogP contribution in [-0.2, 0) is 6.54 Å². The molecule has 21 heavy (non-hydrogen) atoms. The summed E-state index contributed by atoms with van der Waals surface area (Å²) in [6.07, 6.45) is 1.10. The maximum atomic E-state index is 5.93. The predicted octanol–water partition coefficient (Wildman–Crippen LogP) is 3.21. The quantitative estimate of drug-likeness (QED) is 0.913. The van der Waals surface area contributed by atoms with Gasteiger partial charge in [0, 0.05) is 28.6 Å². The van der Waals surface area contributed by atoms with Crippen molar-refractivity contribution in [1.29, 1.82) is 0 Å². The highest BCUT2D eigenvalue weighted by Gasteiger charge is 2.11. The predicted molar refractivity (Wildman–Crippen MR) is 89.1 cm³/mol. The maximum absolute atomic E-state index is 5.93. The van der Waals surface area contributed by atoms with Gasteiger partial charge in [0.15, 0.2) is 5.96 Å². The minimum absolute atomic E-state index is 0.699. The number of thiazole rings is 1. The number of rotatable bonds is 3. The molecule has 1 aromatic heterocycles. The number of hydrogen-bond donors (Lipinski definition) is 2. The van der Waals surface area contributed by atoms with Crippen molar-refractivity contribution in [1.82, 2.24) is 15.6 Å². The summed E-state index contributed by atoms with van der Waals surface area (Å²) in [5.41, 5.74) is 2.14. The molecule has 1 aliphatic heterocycles. The lowest BCUT2D eigenvalue weighted by Crippen LogP contribution is -2.40. The van der Waals surface area contributed by atoms with E-state index in [1.807, 2.05) is 24.3 Å². The van der Waals surface area contributed by atoms with Crippen LogP contribution in [0.15, 0.2) is 29.3 Å². The molecule has 0 saturated carbocycles. The third kappa shape index (κ3) is 3.54. The number of aliphatic imine (C=N–C) groups is 1. The number of aryl methyl sites for hydroxylation is 1. The molecule has 0 atom stereocenters. The van der Waals surface area contributed by atoms with Gasteiger partial charge in [-0.2, -0.15) is 0 Å². The van der Waals surface area contributed by atoms with Crippen molar-refractivity contribution in [2.45, 2.75) is 19.9 Å². The second-order valence-corrected chi connectivity index (χ2v) is 6.61. The molecule has 0 radical (unpaired) electrons. The topological polar surface area (TPSA) is 49.3 Å². The van der Waals surface area contributed by atoms with Gasteiger partial charge in [0.1, 0.15) is 5.01 Å². The van der Waals surface area contributed by atoms with E-state index < -0.39 is 0 Å². The molecule has 0 aliphatic carbocycles. The highest BCUT2D eigenvalue weighted by atomic mass is 35.5. The van der Waals surface area contributed by atoms with E-state index in [9.17, 15) is 0 Å². The van der Waals surface area contributed by atoms with Crippen molar-refractivity contribution in [3.05, 3.63) is 39.2 Å². The summed E-state index contributed by atoms with van der Waals surface area (Å²) in [6, 6.07) is 7.81. The molecule has 0 fully saturated rings. The first-order chi connectivity index (χ1) is 10.2. The summed E-state index contributed by atoms with van der Waals surface area (Å²) in [5.74, 6) is 0.877. The summed E-state index contributed by atoms with van der Waals surface area (Å²) < 4.78 is 0. The number of nitrogens with zero attached hydrogens (tertiary/aromatic N) is 2. The zero-order chi connectivity index (χ0) is 14.7. The summed E-state index contributed by atoms with van der Waals surface area (Å²) in [5, 5.41) is 8.36. The van der Waals surface area contributed by atoms with Crippen LogP contribution in [0.1, 0.15) is 16.3 Å². The van der Waals surface area contributed by atoms with Gasteiger partial charge in [-0.05, 0) is 25.5 Å². The number of aromatic nitrogens is 1. The molecule has 0 spiro atoms. The van der Waals surface area contributed by atoms with Crippen molar-refractivity contribution >= 4 is 28.9 Å². The van der Waals surface area contributed by atoms with E-state index in [-0.39, 0.29) is 0 Å². The van der Waals surface area contributed by atoms with Crippen LogP contribution in [0.4, 0.5) is 0 Å². The van der Waals surface area contributed by atoms with E-state index >= 15 is 0 Å². The Kier molecular flexibility index (Phi) is 4.41. The van der Waals surface area contributed by atoms with Crippen LogP contribution in [0.5, 0.6) is 0 Å². The van der Waals surface area contributed by atoms with Crippen LogP contribution in [-0.4, -0.2) is 24.0 Å². The molecule has 0 saturated heterocycles. The fourth-order valence-electron chi connectivity index (χ4n) is 2.21. The van der Waals surface area contributed by atoms with Gasteiger partial charge < -0.3 is 10.6 Å². The Labute approximate surface area is 133 Å². The van der Waals surface area contributed by atoms with Crippen molar-refractivity contribution < 1.29 is 0 Å². The third-order valence-electron chi connectivity index (χ3n) is 3.26. The van der Waals surface area contributed by atoms with Crippen LogP contribution in [0, 0.1) is 6.92 Å². The van der Waals surface area contributed by atoms with Gasteiger partial charge in [-0.1, -0.05) is 23.7 Å². The first-order valence-electron chi connectivity index (χ1n) is 6.97. The van der Waals surface area contributed by atoms with Crippen molar-refractivity contribution in [2.24, 2.45) is 4.99 Å². The minimum Gasteiger partial charge on any atom is -0.356 e. The third-order valence-corrected chi connectivity index (χ3v) is 4.49. The van der Waals surface area contributed by atoms with E-state index in [2.05, 4.69) is 22.5 Å². The average molecular weight is 321 g/mol. The standard InChI is InChI=1S/C15H17ClN4S/c1-10-14(11-3-5-12(16)6-4-11)20-13(21-10)9-19-15-17-7-2-8-18-15/h3-6H,2,7-9H2,1H3,(H2,17,18,19). The fourth-order valence-corrected chi connectivity index (χ4v) is 3.23. The normalized spacial score (nSPS) is 14.5. The number of guanidine groups is 1. The minimum atomic E-state index is 0.699. The Balaban J connectivity index is 1.72. The molecule has 0 bridgehead atoms. The maximum Gasteiger partial charge on any atom is 0.191 e. The fraction of sp³-hybridized carbons (Fsp3) is 0.333. The van der Waals surface area contributed by atoms with Crippen LogP contribution in [0.25, 0.3) is 11.3 Å². The Morgan fingerprint density at radius 2 is 2.14 bits per heavy atom. The Morgan fingerprint density at radius 3 is 2.86 bits per heavy atom. The summed E-state index contributed by atoms with van der Waals surface area (Å²) >= 11 is 7.64. The first-order valence-corrected chi connectivity index (χ1v) is 8.16. The molecule has 2 heterocycles. The SMILES string of the molecule is Cc1sc(CNC2=NCCCN2)nc1-c1ccc(Cl)cc1. The Hall–Kier alpha value is -1.59. The van der Waals surface area contributed by atoms with Crippen molar-refractivity contribution in [2.75, 3.05) is 13.1 Å². The number of nitrogens with one attached hydrogen (secondary N) is 2. The molecule has 0 amide bonds. The molecule has 0 unspecified atom stereocenters. The highest BCUT2D eigenvalue weighted by molar-refractivity contribution is 7.12. The van der Waals surface area contributed by atoms with Gasteiger partial charge in [-0.15, -0.1) is 11.3 Å². The Bertz CT molecular complexity index is 648. The zero-order valence-electron chi connectivity index (χ0n) is 11.8. The second kappa shape index (κ2) is 6.45. The Morgan fingerprint density at radius 1 is 1.33 bits per heavy atom. The van der Waals surface area contributed by atoms with E-state index in [0.29, 0.717) is 6.54 Å². The van der Waals surface area contributed by atoms with Crippen LogP contribution in [0.2, 0.25) is 5.02 Å². The van der Waals surface area contributed by atoms with Gasteiger partial charge in [-0.3, -0.25) is 4.99 Å². The molecular formula is C15H17ClN4S. The zero-order valence-corrected chi connectivity index (χ0v) is 13.4. The van der Waals surface area contributed by atoms with Crippen LogP contribution in [0.3, 0.4) is 0 Å². The largest absolute Gasteiger partial charge is 0.356 e. The van der Waals surface area contributed by atoms with E-state index in [1.165, 1.54) is 4.88 Å². The van der Waals surface area contributed by atoms with Gasteiger partial charge in [0.2, 0.25) is 0 Å². The first kappa shape index (κ1) is 14.4. The monoisotopic (exact) mass is 320 g/mol. The molecule has 3 rings (SSSR count). The second-order valence-electron chi connectivity index (χ2n) is 4.88. The molecule has 110 valence electrons. The van der Waals surface area contributed by atoms with E-state index in [4.69, 9.17) is 16.6 Å². The van der Waals surface area contributed by atoms with Gasteiger partial charge in [-0.25, -0.2) is 4.98 Å². The van der Waals surface area contributed by atoms with E-state index in [0.717, 1.165) is 46.8 Å². The van der Waals surface area contributed by atoms with Gasteiger partial charge in [0.05, 0.1) is 12.2 Å². The van der Waals surface area contributed by atoms with Gasteiger partial charge >= 0.3 is 0 Å². The van der Waals surface area contributed by atoms with E-state index in [1.54, 1.807) is 11.3 Å². The summed E-state index contributed by atoms with van der Waals surface area (Å²) in [4.78, 5) is 10.3. The molecule has 1 aliphatic rings. The number of hydrogen-bond acceptors (Lipinski definition) is 5. The molecule has 1 aromatic carbocycles. The lowest BCUT2D eigenvalue weighted by Gasteiger charge is -2.14. The molecular weight excluding hydrogens is 304 g/mol. The summed E-state index contributed by atoms with van der Waals surface area (Å²) in [6.45, 7) is 4.67. The molecule has 4 nitrogen and oxygen atoms in total. The molecule has 2 aromatic rings. The van der Waals surface area contributed by atoms with Crippen LogP contribution >= 0.6 is 22.9 Å². The molecule has 6 heteroatoms. The van der Waals surface area contributed by atoms with Gasteiger partial charge in [0.25, 0.3) is 0 Å². The summed E-state index contributed by atoms with van der Waals surface area (Å²) in [7, 11) is 0. The van der Waals surface area contributed by atoms with Crippen molar-refractivity contribution in [3.63, 3.8) is 0 Å². The number of halogens is 1.